The maximum absolute atomic E-state index is 12.6. The summed E-state index contributed by atoms with van der Waals surface area (Å²) in [5, 5.41) is 0.590. The van der Waals surface area contributed by atoms with E-state index in [0.29, 0.717) is 28.8 Å². The highest BCUT2D eigenvalue weighted by molar-refractivity contribution is 5.87. The lowest BCUT2D eigenvalue weighted by molar-refractivity contribution is 0.585. The maximum Gasteiger partial charge on any atom is 0.196 e. The van der Waals surface area contributed by atoms with E-state index in [1.807, 2.05) is 24.3 Å². The van der Waals surface area contributed by atoms with Crippen molar-refractivity contribution in [2.75, 3.05) is 5.73 Å². The third-order valence-electron chi connectivity index (χ3n) is 3.96. The highest BCUT2D eigenvalue weighted by Gasteiger charge is 2.23. The van der Waals surface area contributed by atoms with Crippen LogP contribution in [0.2, 0.25) is 0 Å². The van der Waals surface area contributed by atoms with Gasteiger partial charge in [-0.2, -0.15) is 0 Å². The zero-order valence-corrected chi connectivity index (χ0v) is 11.9. The van der Waals surface area contributed by atoms with E-state index in [2.05, 4.69) is 4.98 Å². The highest BCUT2D eigenvalue weighted by atomic mass is 16.3. The summed E-state index contributed by atoms with van der Waals surface area (Å²) < 4.78 is 5.97. The van der Waals surface area contributed by atoms with Crippen LogP contribution in [0.3, 0.4) is 0 Å². The Morgan fingerprint density at radius 2 is 2.09 bits per heavy atom. The third-order valence-corrected chi connectivity index (χ3v) is 3.96. The first-order valence-corrected chi connectivity index (χ1v) is 7.19. The van der Waals surface area contributed by atoms with Crippen LogP contribution in [0.4, 0.5) is 5.69 Å². The summed E-state index contributed by atoms with van der Waals surface area (Å²) >= 11 is 0. The van der Waals surface area contributed by atoms with Gasteiger partial charge in [-0.25, -0.2) is 0 Å². The van der Waals surface area contributed by atoms with Crippen LogP contribution in [-0.4, -0.2) is 4.98 Å². The Labute approximate surface area is 126 Å². The Balaban J connectivity index is 1.93. The molecule has 108 valence electrons. The van der Waals surface area contributed by atoms with Crippen LogP contribution in [0.1, 0.15) is 23.4 Å². The van der Waals surface area contributed by atoms with Crippen molar-refractivity contribution in [1.29, 1.82) is 0 Å². The predicted molar refractivity (Wildman–Crippen MR) is 87.3 cm³/mol. The topological polar surface area (TPSA) is 69.1 Å². The molecule has 1 aliphatic carbocycles. The van der Waals surface area contributed by atoms with Crippen molar-refractivity contribution in [2.24, 2.45) is 0 Å². The molecule has 4 nitrogen and oxygen atoms in total. The number of nitrogen functional groups attached to an aromatic ring is 1. The van der Waals surface area contributed by atoms with Crippen LogP contribution in [-0.2, 0) is 6.42 Å². The lowest BCUT2D eigenvalue weighted by Gasteiger charge is -2.04. The van der Waals surface area contributed by atoms with Crippen molar-refractivity contribution in [3.05, 3.63) is 69.8 Å². The van der Waals surface area contributed by atoms with Gasteiger partial charge in [0.15, 0.2) is 5.43 Å². The normalized spacial score (nSPS) is 15.4. The van der Waals surface area contributed by atoms with E-state index in [-0.39, 0.29) is 5.43 Å². The van der Waals surface area contributed by atoms with Gasteiger partial charge in [-0.05, 0) is 48.8 Å². The molecule has 0 unspecified atom stereocenters. The van der Waals surface area contributed by atoms with E-state index in [9.17, 15) is 4.79 Å². The molecule has 4 rings (SSSR count). The molecule has 0 aliphatic heterocycles. The van der Waals surface area contributed by atoms with E-state index in [1.54, 1.807) is 24.4 Å². The number of hydrogen-bond donors (Lipinski definition) is 1. The lowest BCUT2D eigenvalue weighted by Crippen LogP contribution is -2.08. The number of nitrogens with zero attached hydrogens (tertiary/aromatic N) is 1. The average molecular weight is 290 g/mol. The average Bonchev–Trinajstić information content (AvgIpc) is 2.91. The zero-order chi connectivity index (χ0) is 15.1. The van der Waals surface area contributed by atoms with E-state index in [1.165, 1.54) is 0 Å². The molecule has 0 saturated carbocycles. The molecule has 3 aromatic rings. The Morgan fingerprint density at radius 3 is 2.91 bits per heavy atom. The molecule has 0 amide bonds. The van der Waals surface area contributed by atoms with Crippen LogP contribution in [0.5, 0.6) is 0 Å². The molecule has 0 atom stereocenters. The Bertz CT molecular complexity index is 956. The summed E-state index contributed by atoms with van der Waals surface area (Å²) in [6.07, 6.45) is 5.22. The maximum atomic E-state index is 12.6. The Kier molecular flexibility index (Phi) is 2.82. The molecule has 2 heterocycles. The fraction of sp³-hybridized carbons (Fsp3) is 0.111. The third kappa shape index (κ3) is 2.00. The molecule has 1 aliphatic rings. The predicted octanol–water partition coefficient (Wildman–Crippen LogP) is 3.26. The van der Waals surface area contributed by atoms with Crippen molar-refractivity contribution < 1.29 is 4.42 Å². The molecule has 0 saturated heterocycles. The van der Waals surface area contributed by atoms with Gasteiger partial charge in [0.05, 0.1) is 11.1 Å². The van der Waals surface area contributed by atoms with Gasteiger partial charge in [0, 0.05) is 23.5 Å². The molecule has 0 radical (unpaired) electrons. The lowest BCUT2D eigenvalue weighted by atomic mass is 10.1. The van der Waals surface area contributed by atoms with Gasteiger partial charge in [-0.15, -0.1) is 0 Å². The summed E-state index contributed by atoms with van der Waals surface area (Å²) in [7, 11) is 0. The Morgan fingerprint density at radius 1 is 1.18 bits per heavy atom. The van der Waals surface area contributed by atoms with Crippen molar-refractivity contribution in [1.82, 2.24) is 4.98 Å². The number of fused-ring (bicyclic) bond motifs is 2. The summed E-state index contributed by atoms with van der Waals surface area (Å²) in [5.74, 6) is 0.675. The molecule has 22 heavy (non-hydrogen) atoms. The van der Waals surface area contributed by atoms with Gasteiger partial charge >= 0.3 is 0 Å². The van der Waals surface area contributed by atoms with Gasteiger partial charge in [-0.3, -0.25) is 9.78 Å². The number of aromatic nitrogens is 1. The monoisotopic (exact) mass is 290 g/mol. The first kappa shape index (κ1) is 12.8. The number of hydrogen-bond acceptors (Lipinski definition) is 4. The number of benzene rings is 1. The van der Waals surface area contributed by atoms with Crippen LogP contribution < -0.4 is 11.2 Å². The molecular formula is C18H14N2O2. The number of rotatable bonds is 1. The second-order valence-corrected chi connectivity index (χ2v) is 5.42. The minimum Gasteiger partial charge on any atom is -0.456 e. The van der Waals surface area contributed by atoms with Crippen molar-refractivity contribution >= 4 is 28.3 Å². The zero-order valence-electron chi connectivity index (χ0n) is 11.9. The standard InChI is InChI=1S/C18H14N2O2/c19-12-5-7-14-16(10-12)22-18-11(4-6-15(18)17(14)21)9-13-3-1-2-8-20-13/h1-3,5,7-10H,4,6,19H2. The van der Waals surface area contributed by atoms with Gasteiger partial charge in [0.2, 0.25) is 0 Å². The molecule has 1 aromatic carbocycles. The van der Waals surface area contributed by atoms with Gasteiger partial charge in [0.25, 0.3) is 0 Å². The smallest absolute Gasteiger partial charge is 0.196 e. The fourth-order valence-corrected chi connectivity index (χ4v) is 2.89. The van der Waals surface area contributed by atoms with Crippen LogP contribution in [0.15, 0.2) is 51.8 Å². The van der Waals surface area contributed by atoms with Crippen LogP contribution in [0, 0.1) is 0 Å². The van der Waals surface area contributed by atoms with Gasteiger partial charge < -0.3 is 10.2 Å². The number of allylic oxidation sites excluding steroid dienone is 1. The minimum atomic E-state index is 0.0423. The second kappa shape index (κ2) is 4.84. The second-order valence-electron chi connectivity index (χ2n) is 5.42. The number of anilines is 1. The largest absolute Gasteiger partial charge is 0.456 e. The molecular weight excluding hydrogens is 276 g/mol. The molecule has 4 heteroatoms. The number of pyridine rings is 1. The van der Waals surface area contributed by atoms with E-state index >= 15 is 0 Å². The summed E-state index contributed by atoms with van der Waals surface area (Å²) in [5.41, 5.74) is 9.58. The molecule has 2 aromatic heterocycles. The summed E-state index contributed by atoms with van der Waals surface area (Å²) in [6, 6.07) is 10.9. The van der Waals surface area contributed by atoms with Crippen molar-refractivity contribution in [2.45, 2.75) is 12.8 Å². The Hall–Kier alpha value is -2.88. The van der Waals surface area contributed by atoms with E-state index < -0.39 is 0 Å². The SMILES string of the molecule is Nc1ccc2c(=O)c3c(oc2c1)C(=Cc1ccccn1)CC3. The van der Waals surface area contributed by atoms with Crippen LogP contribution in [0.25, 0.3) is 22.6 Å². The van der Waals surface area contributed by atoms with E-state index in [4.69, 9.17) is 10.2 Å². The van der Waals surface area contributed by atoms with Gasteiger partial charge in [0.1, 0.15) is 11.3 Å². The molecule has 2 N–H and O–H groups in total. The van der Waals surface area contributed by atoms with Gasteiger partial charge in [-0.1, -0.05) is 6.07 Å². The first-order chi connectivity index (χ1) is 10.7. The molecule has 0 bridgehead atoms. The molecule has 0 spiro atoms. The van der Waals surface area contributed by atoms with E-state index in [0.717, 1.165) is 23.3 Å². The minimum absolute atomic E-state index is 0.0423. The summed E-state index contributed by atoms with van der Waals surface area (Å²) in [6.45, 7) is 0. The number of nitrogens with two attached hydrogens (primary N) is 1. The quantitative estimate of drug-likeness (QED) is 0.698. The fourth-order valence-electron chi connectivity index (χ4n) is 2.89. The van der Waals surface area contributed by atoms with Crippen LogP contribution >= 0.6 is 0 Å². The first-order valence-electron chi connectivity index (χ1n) is 7.19. The van der Waals surface area contributed by atoms with Crippen molar-refractivity contribution in [3.63, 3.8) is 0 Å². The highest BCUT2D eigenvalue weighted by Crippen LogP contribution is 2.34. The summed E-state index contributed by atoms with van der Waals surface area (Å²) in [4.78, 5) is 16.9. The van der Waals surface area contributed by atoms with Crippen molar-refractivity contribution in [3.8, 4) is 0 Å². The molecule has 0 fully saturated rings.